The quantitative estimate of drug-likeness (QED) is 0.541. The molecule has 0 aliphatic rings. The molecule has 1 atom stereocenters. The molecule has 0 radical (unpaired) electrons. The van der Waals surface area contributed by atoms with Crippen LogP contribution in [-0.2, 0) is 14.8 Å². The highest BCUT2D eigenvalue weighted by molar-refractivity contribution is 7.89. The van der Waals surface area contributed by atoms with Crippen LogP contribution in [0.25, 0.3) is 0 Å². The summed E-state index contributed by atoms with van der Waals surface area (Å²) < 4.78 is 67.3. The molecule has 0 aliphatic heterocycles. The first-order valence-corrected chi connectivity index (χ1v) is 9.65. The summed E-state index contributed by atoms with van der Waals surface area (Å²) in [5, 5.41) is 4.81. The van der Waals surface area contributed by atoms with Crippen molar-refractivity contribution < 1.29 is 31.1 Å². The fraction of sp³-hybridized carbons (Fsp3) is 0.562. The summed E-state index contributed by atoms with van der Waals surface area (Å²) >= 11 is 0. The maximum Gasteiger partial charge on any atom is 0.411 e. The van der Waals surface area contributed by atoms with Crippen LogP contribution in [0.2, 0.25) is 0 Å². The van der Waals surface area contributed by atoms with Crippen LogP contribution in [-0.4, -0.2) is 53.0 Å². The Morgan fingerprint density at radius 1 is 1.22 bits per heavy atom. The van der Waals surface area contributed by atoms with Gasteiger partial charge >= 0.3 is 12.2 Å². The van der Waals surface area contributed by atoms with Crippen molar-refractivity contribution >= 4 is 16.1 Å². The molecular weight excluding hydrogens is 387 g/mol. The molecule has 11 heteroatoms. The molecule has 1 unspecified atom stereocenters. The largest absolute Gasteiger partial charge is 0.411 e. The molecule has 3 N–H and O–H groups in total. The fourth-order valence-corrected chi connectivity index (χ4v) is 3.46. The number of halogens is 3. The summed E-state index contributed by atoms with van der Waals surface area (Å²) in [5.74, 6) is 0. The number of aryl methyl sites for hydroxylation is 2. The van der Waals surface area contributed by atoms with Gasteiger partial charge in [-0.15, -0.1) is 0 Å². The van der Waals surface area contributed by atoms with Crippen molar-refractivity contribution in [1.29, 1.82) is 0 Å². The van der Waals surface area contributed by atoms with Gasteiger partial charge in [0, 0.05) is 13.1 Å². The molecule has 0 spiro atoms. The number of sulfonamides is 1. The third-order valence-electron chi connectivity index (χ3n) is 3.35. The van der Waals surface area contributed by atoms with Crippen LogP contribution < -0.4 is 15.4 Å². The number of benzene rings is 1. The van der Waals surface area contributed by atoms with Crippen LogP contribution in [0.15, 0.2) is 23.1 Å². The number of alkyl halides is 3. The van der Waals surface area contributed by atoms with Gasteiger partial charge in [-0.25, -0.2) is 17.9 Å². The van der Waals surface area contributed by atoms with E-state index in [0.717, 1.165) is 5.56 Å². The number of hydrogen-bond donors (Lipinski definition) is 3. The van der Waals surface area contributed by atoms with Gasteiger partial charge < -0.3 is 15.4 Å². The van der Waals surface area contributed by atoms with E-state index in [2.05, 4.69) is 20.1 Å². The Hall–Kier alpha value is -1.85. The number of ether oxygens (including phenoxy) is 1. The highest BCUT2D eigenvalue weighted by Gasteiger charge is 2.27. The molecule has 154 valence electrons. The Morgan fingerprint density at radius 3 is 2.52 bits per heavy atom. The molecule has 0 heterocycles. The normalized spacial score (nSPS) is 13.3. The standard InChI is InChI=1S/C16H24F3N3O4S/c1-11-4-5-12(2)14(8-11)27(24,25)21-7-6-20-15(23)22-13(3)9-26-10-16(17,18)19/h4-5,8,13,21H,6-7,9-10H2,1-3H3,(H2,20,22,23). The minimum atomic E-state index is -4.42. The Kier molecular flexibility index (Phi) is 8.51. The predicted molar refractivity (Wildman–Crippen MR) is 94.0 cm³/mol. The first-order chi connectivity index (χ1) is 12.4. The predicted octanol–water partition coefficient (Wildman–Crippen LogP) is 1.85. The smallest absolute Gasteiger partial charge is 0.370 e. The van der Waals surface area contributed by atoms with E-state index in [1.54, 1.807) is 32.0 Å². The van der Waals surface area contributed by atoms with Gasteiger partial charge in [-0.2, -0.15) is 13.2 Å². The van der Waals surface area contributed by atoms with E-state index < -0.39 is 34.9 Å². The molecule has 1 aromatic carbocycles. The monoisotopic (exact) mass is 411 g/mol. The number of rotatable bonds is 9. The average molecular weight is 411 g/mol. The number of nitrogens with one attached hydrogen (secondary N) is 3. The van der Waals surface area contributed by atoms with Crippen molar-refractivity contribution in [2.75, 3.05) is 26.3 Å². The molecule has 27 heavy (non-hydrogen) atoms. The second-order valence-corrected chi connectivity index (χ2v) is 7.83. The lowest BCUT2D eigenvalue weighted by Gasteiger charge is -2.16. The Balaban J connectivity index is 2.34. The van der Waals surface area contributed by atoms with Crippen LogP contribution >= 0.6 is 0 Å². The third-order valence-corrected chi connectivity index (χ3v) is 4.95. The molecule has 1 aromatic rings. The van der Waals surface area contributed by atoms with Crippen LogP contribution in [0.1, 0.15) is 18.1 Å². The summed E-state index contributed by atoms with van der Waals surface area (Å²) in [6, 6.07) is 3.79. The molecule has 0 saturated carbocycles. The summed E-state index contributed by atoms with van der Waals surface area (Å²) in [4.78, 5) is 11.8. The molecule has 7 nitrogen and oxygen atoms in total. The SMILES string of the molecule is Cc1ccc(C)c(S(=O)(=O)NCCNC(=O)NC(C)COCC(F)(F)F)c1. The summed E-state index contributed by atoms with van der Waals surface area (Å²) in [5.41, 5.74) is 1.41. The number of carbonyl (C=O) groups is 1. The molecule has 0 aliphatic carbocycles. The topological polar surface area (TPSA) is 96.5 Å². The maximum absolute atomic E-state index is 12.3. The van der Waals surface area contributed by atoms with Crippen LogP contribution in [0.3, 0.4) is 0 Å². The molecule has 0 fully saturated rings. The lowest BCUT2D eigenvalue weighted by Crippen LogP contribution is -2.45. The minimum Gasteiger partial charge on any atom is -0.370 e. The lowest BCUT2D eigenvalue weighted by molar-refractivity contribution is -0.174. The van der Waals surface area contributed by atoms with E-state index in [1.165, 1.54) is 6.92 Å². The van der Waals surface area contributed by atoms with Gasteiger partial charge in [-0.05, 0) is 38.0 Å². The first kappa shape index (κ1) is 23.2. The van der Waals surface area contributed by atoms with Gasteiger partial charge in [0.05, 0.1) is 17.5 Å². The van der Waals surface area contributed by atoms with Crippen molar-refractivity contribution in [1.82, 2.24) is 15.4 Å². The summed E-state index contributed by atoms with van der Waals surface area (Å²) in [7, 11) is -3.71. The third kappa shape index (κ3) is 9.07. The van der Waals surface area contributed by atoms with E-state index in [-0.39, 0.29) is 24.6 Å². The van der Waals surface area contributed by atoms with E-state index in [1.807, 2.05) is 0 Å². The molecule has 0 bridgehead atoms. The van der Waals surface area contributed by atoms with Gasteiger partial charge in [-0.3, -0.25) is 0 Å². The highest BCUT2D eigenvalue weighted by Crippen LogP contribution is 2.16. The maximum atomic E-state index is 12.3. The van der Waals surface area contributed by atoms with Crippen molar-refractivity contribution in [3.8, 4) is 0 Å². The second-order valence-electron chi connectivity index (χ2n) is 6.10. The van der Waals surface area contributed by atoms with E-state index in [9.17, 15) is 26.4 Å². The van der Waals surface area contributed by atoms with Gasteiger partial charge in [0.2, 0.25) is 10.0 Å². The number of hydrogen-bond acceptors (Lipinski definition) is 4. The van der Waals surface area contributed by atoms with E-state index in [0.29, 0.717) is 5.56 Å². The highest BCUT2D eigenvalue weighted by atomic mass is 32.2. The Morgan fingerprint density at radius 2 is 1.89 bits per heavy atom. The zero-order chi connectivity index (χ0) is 20.7. The van der Waals surface area contributed by atoms with Crippen molar-refractivity contribution in [3.63, 3.8) is 0 Å². The van der Waals surface area contributed by atoms with Crippen LogP contribution in [0.5, 0.6) is 0 Å². The van der Waals surface area contributed by atoms with E-state index >= 15 is 0 Å². The Bertz CT molecular complexity index is 739. The van der Waals surface area contributed by atoms with Gasteiger partial charge in [0.15, 0.2) is 0 Å². The van der Waals surface area contributed by atoms with Crippen molar-refractivity contribution in [2.24, 2.45) is 0 Å². The van der Waals surface area contributed by atoms with Crippen molar-refractivity contribution in [3.05, 3.63) is 29.3 Å². The molecular formula is C16H24F3N3O4S. The van der Waals surface area contributed by atoms with Gasteiger partial charge in [0.1, 0.15) is 6.61 Å². The number of amides is 2. The Labute approximate surface area is 156 Å². The van der Waals surface area contributed by atoms with Gasteiger partial charge in [-0.1, -0.05) is 12.1 Å². The molecule has 2 amide bonds. The average Bonchev–Trinajstić information content (AvgIpc) is 2.52. The number of urea groups is 1. The zero-order valence-electron chi connectivity index (χ0n) is 15.3. The fourth-order valence-electron chi connectivity index (χ4n) is 2.10. The lowest BCUT2D eigenvalue weighted by atomic mass is 10.2. The van der Waals surface area contributed by atoms with Gasteiger partial charge in [0.25, 0.3) is 0 Å². The zero-order valence-corrected chi connectivity index (χ0v) is 16.1. The van der Waals surface area contributed by atoms with Crippen molar-refractivity contribution in [2.45, 2.75) is 37.9 Å². The van der Waals surface area contributed by atoms with Crippen LogP contribution in [0.4, 0.5) is 18.0 Å². The van der Waals surface area contributed by atoms with Crippen LogP contribution in [0, 0.1) is 13.8 Å². The van der Waals surface area contributed by atoms with E-state index in [4.69, 9.17) is 0 Å². The molecule has 0 saturated heterocycles. The molecule has 1 rings (SSSR count). The number of carbonyl (C=O) groups excluding carboxylic acids is 1. The minimum absolute atomic E-state index is 0.00601. The summed E-state index contributed by atoms with van der Waals surface area (Å²) in [6.07, 6.45) is -4.42. The molecule has 0 aromatic heterocycles. The summed E-state index contributed by atoms with van der Waals surface area (Å²) in [6.45, 7) is 3.23. The first-order valence-electron chi connectivity index (χ1n) is 8.16. The second kappa shape index (κ2) is 9.90.